The van der Waals surface area contributed by atoms with Crippen LogP contribution in [0.15, 0.2) is 42.5 Å². The highest BCUT2D eigenvalue weighted by Gasteiger charge is 2.04. The number of aryl methyl sites for hydroxylation is 2. The summed E-state index contributed by atoms with van der Waals surface area (Å²) in [6, 6.07) is 14.8. The number of hydrogen-bond donors (Lipinski definition) is 2. The molecule has 2 aromatic rings. The zero-order chi connectivity index (χ0) is 13.8. The molecule has 0 fully saturated rings. The molecule has 2 nitrogen and oxygen atoms in total. The number of halogens is 1. The van der Waals surface area contributed by atoms with E-state index in [0.717, 1.165) is 5.56 Å². The maximum atomic E-state index is 8.96. The molecule has 0 aliphatic carbocycles. The second kappa shape index (κ2) is 7.44. The highest BCUT2D eigenvalue weighted by atomic mass is 35.5. The summed E-state index contributed by atoms with van der Waals surface area (Å²) in [6.45, 7) is 4.26. The van der Waals surface area contributed by atoms with Crippen molar-refractivity contribution >= 4 is 12.4 Å². The Balaban J connectivity index is 0.00000200. The van der Waals surface area contributed by atoms with Crippen molar-refractivity contribution in [2.24, 2.45) is 5.73 Å². The molecule has 3 heteroatoms. The molecule has 0 aromatic heterocycles. The van der Waals surface area contributed by atoms with Crippen LogP contribution in [-0.4, -0.2) is 17.8 Å². The van der Waals surface area contributed by atoms with Crippen LogP contribution in [-0.2, 0) is 6.42 Å². The van der Waals surface area contributed by atoms with Gasteiger partial charge in [0.2, 0.25) is 0 Å². The van der Waals surface area contributed by atoms with Gasteiger partial charge in [0.1, 0.15) is 0 Å². The first-order valence-electron chi connectivity index (χ1n) is 6.62. The van der Waals surface area contributed by atoms with Gasteiger partial charge < -0.3 is 10.8 Å². The molecule has 0 radical (unpaired) electrons. The normalized spacial score (nSPS) is 11.8. The summed E-state index contributed by atoms with van der Waals surface area (Å²) < 4.78 is 0. The van der Waals surface area contributed by atoms with Gasteiger partial charge in [-0.3, -0.25) is 0 Å². The van der Waals surface area contributed by atoms with Gasteiger partial charge in [-0.25, -0.2) is 0 Å². The highest BCUT2D eigenvalue weighted by Crippen LogP contribution is 2.22. The Morgan fingerprint density at radius 3 is 2.00 bits per heavy atom. The zero-order valence-electron chi connectivity index (χ0n) is 12.0. The van der Waals surface area contributed by atoms with Crippen LogP contribution in [0.4, 0.5) is 0 Å². The number of rotatable bonds is 4. The number of hydrogen-bond acceptors (Lipinski definition) is 2. The van der Waals surface area contributed by atoms with Gasteiger partial charge in [0, 0.05) is 6.04 Å². The van der Waals surface area contributed by atoms with Crippen molar-refractivity contribution in [3.8, 4) is 11.1 Å². The lowest BCUT2D eigenvalue weighted by molar-refractivity contribution is 0.265. The van der Waals surface area contributed by atoms with Crippen LogP contribution in [0.1, 0.15) is 16.7 Å². The minimum absolute atomic E-state index is 0. The van der Waals surface area contributed by atoms with Crippen molar-refractivity contribution in [2.45, 2.75) is 26.3 Å². The summed E-state index contributed by atoms with van der Waals surface area (Å²) in [6.07, 6.45) is 0.712. The highest BCUT2D eigenvalue weighted by molar-refractivity contribution is 5.85. The largest absolute Gasteiger partial charge is 0.395 e. The van der Waals surface area contributed by atoms with E-state index in [1.165, 1.54) is 22.3 Å². The van der Waals surface area contributed by atoms with Crippen LogP contribution < -0.4 is 5.73 Å². The monoisotopic (exact) mass is 291 g/mol. The van der Waals surface area contributed by atoms with Crippen molar-refractivity contribution < 1.29 is 5.11 Å². The minimum Gasteiger partial charge on any atom is -0.395 e. The van der Waals surface area contributed by atoms with Crippen molar-refractivity contribution in [1.82, 2.24) is 0 Å². The van der Waals surface area contributed by atoms with Gasteiger partial charge >= 0.3 is 0 Å². The molecule has 3 N–H and O–H groups in total. The van der Waals surface area contributed by atoms with Crippen LogP contribution in [0.25, 0.3) is 11.1 Å². The molecule has 0 spiro atoms. The molecule has 108 valence electrons. The summed E-state index contributed by atoms with van der Waals surface area (Å²) in [7, 11) is 0. The number of benzene rings is 2. The Kier molecular flexibility index (Phi) is 6.21. The SMILES string of the molecule is Cc1cc(C)cc(-c2ccc(CC(N)CO)cc2)c1.Cl. The molecule has 2 rings (SSSR count). The summed E-state index contributed by atoms with van der Waals surface area (Å²) in [4.78, 5) is 0. The van der Waals surface area contributed by atoms with E-state index in [4.69, 9.17) is 10.8 Å². The molecule has 1 unspecified atom stereocenters. The first-order valence-corrected chi connectivity index (χ1v) is 6.62. The van der Waals surface area contributed by atoms with E-state index in [1.807, 2.05) is 0 Å². The quantitative estimate of drug-likeness (QED) is 0.908. The first kappa shape index (κ1) is 16.7. The van der Waals surface area contributed by atoms with Crippen molar-refractivity contribution in [3.63, 3.8) is 0 Å². The number of aliphatic hydroxyl groups excluding tert-OH is 1. The predicted octanol–water partition coefficient (Wildman–Crippen LogP) is 3.25. The molecule has 0 saturated heterocycles. The number of nitrogens with two attached hydrogens (primary N) is 1. The number of aliphatic hydroxyl groups is 1. The van der Waals surface area contributed by atoms with Gasteiger partial charge in [-0.05, 0) is 37.0 Å². The molecule has 0 amide bonds. The van der Waals surface area contributed by atoms with E-state index in [-0.39, 0.29) is 25.1 Å². The zero-order valence-corrected chi connectivity index (χ0v) is 12.8. The maximum Gasteiger partial charge on any atom is 0.0585 e. The van der Waals surface area contributed by atoms with Gasteiger partial charge in [0.05, 0.1) is 6.61 Å². The van der Waals surface area contributed by atoms with Gasteiger partial charge in [0.25, 0.3) is 0 Å². The summed E-state index contributed by atoms with van der Waals surface area (Å²) in [5.74, 6) is 0. The Morgan fingerprint density at radius 1 is 0.950 bits per heavy atom. The van der Waals surface area contributed by atoms with E-state index in [0.29, 0.717) is 6.42 Å². The third-order valence-electron chi connectivity index (χ3n) is 3.24. The molecule has 0 aliphatic rings. The van der Waals surface area contributed by atoms with Crippen molar-refractivity contribution in [1.29, 1.82) is 0 Å². The van der Waals surface area contributed by atoms with E-state index >= 15 is 0 Å². The summed E-state index contributed by atoms with van der Waals surface area (Å²) >= 11 is 0. The van der Waals surface area contributed by atoms with Crippen LogP contribution in [0, 0.1) is 13.8 Å². The van der Waals surface area contributed by atoms with E-state index < -0.39 is 0 Å². The molecular weight excluding hydrogens is 270 g/mol. The third kappa shape index (κ3) is 4.34. The molecule has 1 atom stereocenters. The smallest absolute Gasteiger partial charge is 0.0585 e. The van der Waals surface area contributed by atoms with Crippen LogP contribution >= 0.6 is 12.4 Å². The van der Waals surface area contributed by atoms with Crippen LogP contribution in [0.2, 0.25) is 0 Å². The van der Waals surface area contributed by atoms with Crippen molar-refractivity contribution in [3.05, 3.63) is 59.2 Å². The van der Waals surface area contributed by atoms with Crippen molar-refractivity contribution in [2.75, 3.05) is 6.61 Å². The molecule has 0 aliphatic heterocycles. The van der Waals surface area contributed by atoms with Gasteiger partial charge in [-0.2, -0.15) is 0 Å². The third-order valence-corrected chi connectivity index (χ3v) is 3.24. The van der Waals surface area contributed by atoms with Crippen LogP contribution in [0.5, 0.6) is 0 Å². The van der Waals surface area contributed by atoms with Gasteiger partial charge in [-0.15, -0.1) is 12.4 Å². The lowest BCUT2D eigenvalue weighted by atomic mass is 9.98. The average molecular weight is 292 g/mol. The van der Waals surface area contributed by atoms with E-state index in [2.05, 4.69) is 56.3 Å². The molecule has 0 saturated carbocycles. The average Bonchev–Trinajstić information content (AvgIpc) is 2.38. The first-order chi connectivity index (χ1) is 9.08. The minimum atomic E-state index is -0.174. The summed E-state index contributed by atoms with van der Waals surface area (Å²) in [5, 5.41) is 8.96. The molecular formula is C17H22ClNO. The van der Waals surface area contributed by atoms with Crippen LogP contribution in [0.3, 0.4) is 0 Å². The van der Waals surface area contributed by atoms with Gasteiger partial charge in [-0.1, -0.05) is 53.6 Å². The molecule has 2 aromatic carbocycles. The lowest BCUT2D eigenvalue weighted by Gasteiger charge is -2.09. The fourth-order valence-electron chi connectivity index (χ4n) is 2.34. The Labute approximate surface area is 127 Å². The van der Waals surface area contributed by atoms with Gasteiger partial charge in [0.15, 0.2) is 0 Å². The second-order valence-electron chi connectivity index (χ2n) is 5.22. The maximum absolute atomic E-state index is 8.96. The Bertz CT molecular complexity index is 531. The van der Waals surface area contributed by atoms with E-state index in [1.54, 1.807) is 0 Å². The van der Waals surface area contributed by atoms with E-state index in [9.17, 15) is 0 Å². The predicted molar refractivity (Wildman–Crippen MR) is 87.4 cm³/mol. The Morgan fingerprint density at radius 2 is 1.50 bits per heavy atom. The molecule has 20 heavy (non-hydrogen) atoms. The standard InChI is InChI=1S/C17H21NO.ClH/c1-12-7-13(2)9-16(8-12)15-5-3-14(4-6-15)10-17(18)11-19;/h3-9,17,19H,10-11,18H2,1-2H3;1H. The lowest BCUT2D eigenvalue weighted by Crippen LogP contribution is -2.26. The summed E-state index contributed by atoms with van der Waals surface area (Å²) in [5.41, 5.74) is 11.9. The second-order valence-corrected chi connectivity index (χ2v) is 5.22. The molecule has 0 heterocycles. The Hall–Kier alpha value is -1.35. The topological polar surface area (TPSA) is 46.2 Å². The fraction of sp³-hybridized carbons (Fsp3) is 0.294. The fourth-order valence-corrected chi connectivity index (χ4v) is 2.34. The molecule has 0 bridgehead atoms.